The van der Waals surface area contributed by atoms with Gasteiger partial charge in [-0.3, -0.25) is 19.5 Å². The second kappa shape index (κ2) is 11.8. The summed E-state index contributed by atoms with van der Waals surface area (Å²) in [7, 11) is 1.78. The van der Waals surface area contributed by atoms with Gasteiger partial charge in [0, 0.05) is 56.8 Å². The number of pyridine rings is 2. The first-order valence-corrected chi connectivity index (χ1v) is 12.4. The number of morpholine rings is 1. The van der Waals surface area contributed by atoms with Crippen molar-refractivity contribution in [2.75, 3.05) is 59.6 Å². The molecule has 2 aliphatic heterocycles. The molecule has 0 bridgehead atoms. The maximum absolute atomic E-state index is 13.6. The van der Waals surface area contributed by atoms with Gasteiger partial charge < -0.3 is 24.4 Å². The molecular weight excluding hydrogens is 462 g/mol. The number of carbonyl (C=O) groups is 2. The highest BCUT2D eigenvalue weighted by Crippen LogP contribution is 2.30. The Balaban J connectivity index is 1.59. The summed E-state index contributed by atoms with van der Waals surface area (Å²) in [6.45, 7) is 7.47. The molecule has 2 aromatic rings. The number of hydrogen-bond donors (Lipinski definition) is 1. The molecular formula is C26H35N5O5. The SMILES string of the molecule is C[C@H]1CN([C@@H](C)CO)C(=O)c2cc(-c3ccncc3)cnc2O[C@@H]1CN(C)C(=O)CN1CCOCC1. The number of amides is 2. The summed E-state index contributed by atoms with van der Waals surface area (Å²) in [5.74, 6) is -0.0976. The van der Waals surface area contributed by atoms with Crippen LogP contribution in [0.2, 0.25) is 0 Å². The van der Waals surface area contributed by atoms with Crippen LogP contribution < -0.4 is 4.74 Å². The average molecular weight is 498 g/mol. The molecule has 36 heavy (non-hydrogen) atoms. The van der Waals surface area contributed by atoms with E-state index < -0.39 is 0 Å². The normalized spacial score (nSPS) is 21.7. The molecule has 0 radical (unpaired) electrons. The van der Waals surface area contributed by atoms with Gasteiger partial charge in [-0.05, 0) is 30.7 Å². The molecule has 0 saturated carbocycles. The Morgan fingerprint density at radius 1 is 1.25 bits per heavy atom. The van der Waals surface area contributed by atoms with Gasteiger partial charge in [-0.1, -0.05) is 6.92 Å². The molecule has 0 unspecified atom stereocenters. The van der Waals surface area contributed by atoms with E-state index >= 15 is 0 Å². The Morgan fingerprint density at radius 3 is 2.67 bits per heavy atom. The molecule has 1 saturated heterocycles. The lowest BCUT2D eigenvalue weighted by Crippen LogP contribution is -2.51. The van der Waals surface area contributed by atoms with E-state index in [0.29, 0.717) is 38.4 Å². The molecule has 0 spiro atoms. The van der Waals surface area contributed by atoms with Crippen molar-refractivity contribution in [1.29, 1.82) is 0 Å². The first-order chi connectivity index (χ1) is 17.4. The number of ether oxygens (including phenoxy) is 2. The number of hydrogen-bond acceptors (Lipinski definition) is 8. The Labute approximate surface area is 211 Å². The zero-order valence-electron chi connectivity index (χ0n) is 21.2. The summed E-state index contributed by atoms with van der Waals surface area (Å²) in [6.07, 6.45) is 4.67. The highest BCUT2D eigenvalue weighted by molar-refractivity contribution is 5.98. The largest absolute Gasteiger partial charge is 0.472 e. The molecule has 2 aromatic heterocycles. The number of carbonyl (C=O) groups excluding carboxylic acids is 2. The molecule has 194 valence electrons. The van der Waals surface area contributed by atoms with Crippen LogP contribution >= 0.6 is 0 Å². The Kier molecular flexibility index (Phi) is 8.50. The van der Waals surface area contributed by atoms with Crippen LogP contribution in [0, 0.1) is 5.92 Å². The average Bonchev–Trinajstić information content (AvgIpc) is 2.91. The molecule has 1 N–H and O–H groups in total. The van der Waals surface area contributed by atoms with E-state index in [0.717, 1.165) is 24.2 Å². The van der Waals surface area contributed by atoms with Crippen molar-refractivity contribution in [1.82, 2.24) is 24.7 Å². The van der Waals surface area contributed by atoms with Gasteiger partial charge in [0.2, 0.25) is 11.8 Å². The first kappa shape index (κ1) is 26.0. The number of fused-ring (bicyclic) bond motifs is 1. The van der Waals surface area contributed by atoms with Gasteiger partial charge in [0.1, 0.15) is 11.7 Å². The summed E-state index contributed by atoms with van der Waals surface area (Å²) >= 11 is 0. The molecule has 2 amide bonds. The van der Waals surface area contributed by atoms with Crippen molar-refractivity contribution in [3.05, 3.63) is 42.4 Å². The van der Waals surface area contributed by atoms with Crippen LogP contribution in [0.15, 0.2) is 36.8 Å². The second-order valence-electron chi connectivity index (χ2n) is 9.60. The minimum Gasteiger partial charge on any atom is -0.472 e. The lowest BCUT2D eigenvalue weighted by molar-refractivity contribution is -0.133. The van der Waals surface area contributed by atoms with E-state index in [1.807, 2.05) is 26.0 Å². The van der Waals surface area contributed by atoms with Crippen molar-refractivity contribution in [3.8, 4) is 17.0 Å². The molecule has 0 aromatic carbocycles. The first-order valence-electron chi connectivity index (χ1n) is 12.4. The monoisotopic (exact) mass is 497 g/mol. The van der Waals surface area contributed by atoms with Gasteiger partial charge >= 0.3 is 0 Å². The molecule has 4 rings (SSSR count). The van der Waals surface area contributed by atoms with Gasteiger partial charge in [0.05, 0.1) is 39.0 Å². The topological polar surface area (TPSA) is 108 Å². The van der Waals surface area contributed by atoms with Gasteiger partial charge in [0.15, 0.2) is 0 Å². The molecule has 2 aliphatic rings. The van der Waals surface area contributed by atoms with Crippen molar-refractivity contribution in [2.45, 2.75) is 26.0 Å². The fraction of sp³-hybridized carbons (Fsp3) is 0.538. The smallest absolute Gasteiger partial charge is 0.259 e. The molecule has 3 atom stereocenters. The minimum atomic E-state index is -0.386. The number of likely N-dealkylation sites (N-methyl/N-ethyl adjacent to an activating group) is 1. The molecule has 10 heteroatoms. The van der Waals surface area contributed by atoms with E-state index in [-0.39, 0.29) is 42.4 Å². The van der Waals surface area contributed by atoms with Gasteiger partial charge in [-0.2, -0.15) is 0 Å². The zero-order valence-corrected chi connectivity index (χ0v) is 21.2. The van der Waals surface area contributed by atoms with E-state index in [2.05, 4.69) is 14.9 Å². The van der Waals surface area contributed by atoms with Gasteiger partial charge in [-0.15, -0.1) is 0 Å². The summed E-state index contributed by atoms with van der Waals surface area (Å²) in [5.41, 5.74) is 1.99. The summed E-state index contributed by atoms with van der Waals surface area (Å²) < 4.78 is 11.7. The lowest BCUT2D eigenvalue weighted by atomic mass is 9.99. The molecule has 10 nitrogen and oxygen atoms in total. The van der Waals surface area contributed by atoms with Crippen molar-refractivity contribution in [3.63, 3.8) is 0 Å². The second-order valence-corrected chi connectivity index (χ2v) is 9.60. The predicted octanol–water partition coefficient (Wildman–Crippen LogP) is 1.15. The van der Waals surface area contributed by atoms with Crippen LogP contribution in [0.25, 0.3) is 11.1 Å². The maximum Gasteiger partial charge on any atom is 0.259 e. The molecule has 1 fully saturated rings. The maximum atomic E-state index is 13.6. The van der Waals surface area contributed by atoms with Crippen LogP contribution in [-0.2, 0) is 9.53 Å². The Morgan fingerprint density at radius 2 is 1.97 bits per heavy atom. The van der Waals surface area contributed by atoms with Crippen LogP contribution in [0.3, 0.4) is 0 Å². The van der Waals surface area contributed by atoms with Crippen molar-refractivity contribution < 1.29 is 24.2 Å². The van der Waals surface area contributed by atoms with E-state index in [9.17, 15) is 14.7 Å². The van der Waals surface area contributed by atoms with E-state index in [4.69, 9.17) is 9.47 Å². The number of aromatic nitrogens is 2. The Bertz CT molecular complexity index is 1050. The van der Waals surface area contributed by atoms with Crippen LogP contribution in [0.1, 0.15) is 24.2 Å². The summed E-state index contributed by atoms with van der Waals surface area (Å²) in [5, 5.41) is 9.86. The summed E-state index contributed by atoms with van der Waals surface area (Å²) in [4.78, 5) is 40.5. The van der Waals surface area contributed by atoms with Crippen LogP contribution in [0.4, 0.5) is 0 Å². The fourth-order valence-corrected chi connectivity index (χ4v) is 4.47. The highest BCUT2D eigenvalue weighted by Gasteiger charge is 2.35. The summed E-state index contributed by atoms with van der Waals surface area (Å²) in [6, 6.07) is 5.10. The number of aliphatic hydroxyl groups is 1. The fourth-order valence-electron chi connectivity index (χ4n) is 4.47. The number of rotatable bonds is 7. The molecule has 0 aliphatic carbocycles. The number of aliphatic hydroxyl groups excluding tert-OH is 1. The third kappa shape index (κ3) is 6.00. The van der Waals surface area contributed by atoms with E-state index in [1.165, 1.54) is 0 Å². The quantitative estimate of drug-likeness (QED) is 0.607. The highest BCUT2D eigenvalue weighted by atomic mass is 16.5. The van der Waals surface area contributed by atoms with Crippen LogP contribution in [-0.4, -0.2) is 113 Å². The number of nitrogens with zero attached hydrogens (tertiary/aromatic N) is 5. The van der Waals surface area contributed by atoms with Gasteiger partial charge in [0.25, 0.3) is 5.91 Å². The Hall–Kier alpha value is -3.08. The lowest BCUT2D eigenvalue weighted by Gasteiger charge is -2.38. The molecule has 4 heterocycles. The standard InChI is InChI=1S/C26H35N5O5/c1-18-14-31(19(2)17-32)26(34)22-12-21(20-4-6-27-7-5-20)13-28-25(22)36-23(18)15-29(3)24(33)16-30-8-10-35-11-9-30/h4-7,12-13,18-19,23,32H,8-11,14-17H2,1-3H3/t18-,19-,23+/m0/s1. The third-order valence-electron chi connectivity index (χ3n) is 6.88. The van der Waals surface area contributed by atoms with E-state index in [1.54, 1.807) is 41.5 Å². The zero-order chi connectivity index (χ0) is 25.7. The van der Waals surface area contributed by atoms with Gasteiger partial charge in [-0.25, -0.2) is 4.98 Å². The predicted molar refractivity (Wildman–Crippen MR) is 134 cm³/mol. The van der Waals surface area contributed by atoms with Crippen molar-refractivity contribution in [2.24, 2.45) is 5.92 Å². The minimum absolute atomic E-state index is 0.00707. The third-order valence-corrected chi connectivity index (χ3v) is 6.88. The van der Waals surface area contributed by atoms with Crippen LogP contribution in [0.5, 0.6) is 5.88 Å². The van der Waals surface area contributed by atoms with Crippen molar-refractivity contribution >= 4 is 11.8 Å².